The quantitative estimate of drug-likeness (QED) is 0.765. The molecular weight excluding hydrogens is 258 g/mol. The zero-order valence-corrected chi connectivity index (χ0v) is 12.2. The van der Waals surface area contributed by atoms with Crippen LogP contribution in [0.4, 0.5) is 0 Å². The van der Waals surface area contributed by atoms with E-state index in [1.165, 1.54) is 27.7 Å². The van der Waals surface area contributed by atoms with Crippen LogP contribution in [0.2, 0.25) is 0 Å². The second-order valence-corrected chi connectivity index (χ2v) is 5.87. The van der Waals surface area contributed by atoms with Crippen LogP contribution in [0.25, 0.3) is 10.9 Å². The van der Waals surface area contributed by atoms with Gasteiger partial charge in [-0.05, 0) is 29.5 Å². The second-order valence-electron chi connectivity index (χ2n) is 5.87. The topological polar surface area (TPSA) is 25.0 Å². The number of benzene rings is 2. The van der Waals surface area contributed by atoms with E-state index in [0.717, 1.165) is 13.0 Å². The molecule has 0 aliphatic heterocycles. The van der Waals surface area contributed by atoms with E-state index in [9.17, 15) is 0 Å². The molecule has 0 saturated heterocycles. The van der Waals surface area contributed by atoms with Crippen LogP contribution in [0, 0.1) is 5.92 Å². The molecular formula is C19H19NO. The number of aromatic nitrogens is 1. The van der Waals surface area contributed by atoms with Crippen LogP contribution < -0.4 is 0 Å². The van der Waals surface area contributed by atoms with E-state index in [-0.39, 0.29) is 0 Å². The third-order valence-electron chi connectivity index (χ3n) is 4.63. The lowest BCUT2D eigenvalue weighted by molar-refractivity contribution is 0.149. The summed E-state index contributed by atoms with van der Waals surface area (Å²) in [6.45, 7) is 0.802. The number of hydrogen-bond donors (Lipinski definition) is 1. The van der Waals surface area contributed by atoms with Crippen molar-refractivity contribution in [3.8, 4) is 0 Å². The van der Waals surface area contributed by atoms with Crippen LogP contribution in [0.3, 0.4) is 0 Å². The van der Waals surface area contributed by atoms with Crippen molar-refractivity contribution in [1.82, 2.24) is 4.98 Å². The predicted molar refractivity (Wildman–Crippen MR) is 85.7 cm³/mol. The van der Waals surface area contributed by atoms with E-state index in [2.05, 4.69) is 59.6 Å². The fourth-order valence-electron chi connectivity index (χ4n) is 3.79. The van der Waals surface area contributed by atoms with Gasteiger partial charge in [0, 0.05) is 29.6 Å². The number of hydrogen-bond acceptors (Lipinski definition) is 1. The van der Waals surface area contributed by atoms with Crippen LogP contribution in [0.1, 0.15) is 22.7 Å². The SMILES string of the molecule is COC[C@H]1Cc2c([nH]c3ccccc23)[C@@H]1c1ccccc1. The molecule has 1 heterocycles. The molecule has 2 aromatic carbocycles. The summed E-state index contributed by atoms with van der Waals surface area (Å²) in [5.74, 6) is 0.928. The van der Waals surface area contributed by atoms with Gasteiger partial charge >= 0.3 is 0 Å². The first-order valence-electron chi connectivity index (χ1n) is 7.52. The van der Waals surface area contributed by atoms with Crippen molar-refractivity contribution in [2.75, 3.05) is 13.7 Å². The fraction of sp³-hybridized carbons (Fsp3) is 0.263. The minimum Gasteiger partial charge on any atom is -0.384 e. The zero-order chi connectivity index (χ0) is 14.2. The summed E-state index contributed by atoms with van der Waals surface area (Å²) < 4.78 is 5.48. The Hall–Kier alpha value is -2.06. The van der Waals surface area contributed by atoms with Crippen LogP contribution in [0.5, 0.6) is 0 Å². The Morgan fingerprint density at radius 3 is 2.62 bits per heavy atom. The highest BCUT2D eigenvalue weighted by atomic mass is 16.5. The first kappa shape index (κ1) is 12.7. The summed E-state index contributed by atoms with van der Waals surface area (Å²) in [4.78, 5) is 3.66. The Labute approximate surface area is 124 Å². The average Bonchev–Trinajstić information content (AvgIpc) is 3.04. The Morgan fingerprint density at radius 2 is 1.81 bits per heavy atom. The lowest BCUT2D eigenvalue weighted by Crippen LogP contribution is -2.15. The van der Waals surface area contributed by atoms with Gasteiger partial charge < -0.3 is 9.72 Å². The van der Waals surface area contributed by atoms with Gasteiger partial charge in [-0.25, -0.2) is 0 Å². The number of para-hydroxylation sites is 1. The Kier molecular flexibility index (Phi) is 3.04. The van der Waals surface area contributed by atoms with Gasteiger partial charge in [-0.15, -0.1) is 0 Å². The molecule has 1 aliphatic carbocycles. The van der Waals surface area contributed by atoms with Crippen LogP contribution in [0.15, 0.2) is 54.6 Å². The van der Waals surface area contributed by atoms with Crippen molar-refractivity contribution in [3.05, 3.63) is 71.4 Å². The summed E-state index contributed by atoms with van der Waals surface area (Å²) in [5, 5.41) is 1.37. The van der Waals surface area contributed by atoms with Gasteiger partial charge in [0.25, 0.3) is 0 Å². The molecule has 0 spiro atoms. The monoisotopic (exact) mass is 277 g/mol. The number of methoxy groups -OCH3 is 1. The fourth-order valence-corrected chi connectivity index (χ4v) is 3.79. The van der Waals surface area contributed by atoms with E-state index in [1.54, 1.807) is 7.11 Å². The van der Waals surface area contributed by atoms with Gasteiger partial charge in [0.05, 0.1) is 6.61 Å². The second kappa shape index (κ2) is 5.05. The maximum absolute atomic E-state index is 5.48. The maximum Gasteiger partial charge on any atom is 0.0503 e. The molecule has 0 unspecified atom stereocenters. The highest BCUT2D eigenvalue weighted by molar-refractivity contribution is 5.85. The maximum atomic E-state index is 5.48. The zero-order valence-electron chi connectivity index (χ0n) is 12.2. The van der Waals surface area contributed by atoms with Gasteiger partial charge in [0.1, 0.15) is 0 Å². The summed E-state index contributed by atoms with van der Waals surface area (Å²) in [6.07, 6.45) is 1.09. The van der Waals surface area contributed by atoms with Crippen molar-refractivity contribution in [2.24, 2.45) is 5.92 Å². The summed E-state index contributed by atoms with van der Waals surface area (Å²) >= 11 is 0. The smallest absolute Gasteiger partial charge is 0.0503 e. The highest BCUT2D eigenvalue weighted by Gasteiger charge is 2.36. The van der Waals surface area contributed by atoms with Crippen molar-refractivity contribution in [2.45, 2.75) is 12.3 Å². The lowest BCUT2D eigenvalue weighted by Gasteiger charge is -2.20. The third-order valence-corrected chi connectivity index (χ3v) is 4.63. The molecule has 21 heavy (non-hydrogen) atoms. The van der Waals surface area contributed by atoms with E-state index in [1.807, 2.05) is 0 Å². The number of rotatable bonds is 3. The molecule has 2 atom stereocenters. The molecule has 1 aliphatic rings. The van der Waals surface area contributed by atoms with E-state index < -0.39 is 0 Å². The van der Waals surface area contributed by atoms with Crippen molar-refractivity contribution in [3.63, 3.8) is 0 Å². The van der Waals surface area contributed by atoms with Gasteiger partial charge in [-0.2, -0.15) is 0 Å². The number of aromatic amines is 1. The number of ether oxygens (including phenoxy) is 1. The molecule has 2 heteroatoms. The summed E-state index contributed by atoms with van der Waals surface area (Å²) in [6, 6.07) is 19.4. The number of nitrogens with one attached hydrogen (secondary N) is 1. The van der Waals surface area contributed by atoms with Crippen LogP contribution >= 0.6 is 0 Å². The average molecular weight is 277 g/mol. The minimum atomic E-state index is 0.411. The van der Waals surface area contributed by atoms with Gasteiger partial charge in [-0.1, -0.05) is 48.5 Å². The van der Waals surface area contributed by atoms with Crippen LogP contribution in [-0.4, -0.2) is 18.7 Å². The van der Waals surface area contributed by atoms with Gasteiger partial charge in [-0.3, -0.25) is 0 Å². The molecule has 0 radical (unpaired) electrons. The Bertz CT molecular complexity index is 760. The Balaban J connectivity index is 1.87. The molecule has 0 bridgehead atoms. The van der Waals surface area contributed by atoms with Crippen LogP contribution in [-0.2, 0) is 11.2 Å². The molecule has 0 saturated carbocycles. The predicted octanol–water partition coefficient (Wildman–Crippen LogP) is 4.12. The largest absolute Gasteiger partial charge is 0.384 e. The molecule has 0 amide bonds. The first-order chi connectivity index (χ1) is 10.4. The summed E-state index contributed by atoms with van der Waals surface area (Å²) in [7, 11) is 1.80. The van der Waals surface area contributed by atoms with E-state index in [0.29, 0.717) is 11.8 Å². The Morgan fingerprint density at radius 1 is 1.05 bits per heavy atom. The van der Waals surface area contributed by atoms with E-state index in [4.69, 9.17) is 4.74 Å². The molecule has 0 fully saturated rings. The van der Waals surface area contributed by atoms with Crippen molar-refractivity contribution < 1.29 is 4.74 Å². The number of H-pyrrole nitrogens is 1. The molecule has 1 N–H and O–H groups in total. The lowest BCUT2D eigenvalue weighted by atomic mass is 9.88. The molecule has 3 aromatic rings. The molecule has 106 valence electrons. The molecule has 2 nitrogen and oxygen atoms in total. The minimum absolute atomic E-state index is 0.411. The third kappa shape index (κ3) is 1.98. The molecule has 1 aromatic heterocycles. The first-order valence-corrected chi connectivity index (χ1v) is 7.52. The highest BCUT2D eigenvalue weighted by Crippen LogP contribution is 2.44. The van der Waals surface area contributed by atoms with Crippen molar-refractivity contribution in [1.29, 1.82) is 0 Å². The molecule has 4 rings (SSSR count). The van der Waals surface area contributed by atoms with Gasteiger partial charge in [0.15, 0.2) is 0 Å². The van der Waals surface area contributed by atoms with Gasteiger partial charge in [0.2, 0.25) is 0 Å². The summed E-state index contributed by atoms with van der Waals surface area (Å²) in [5.41, 5.74) is 5.48. The normalized spacial score (nSPS) is 20.8. The van der Waals surface area contributed by atoms with Crippen molar-refractivity contribution >= 4 is 10.9 Å². The number of fused-ring (bicyclic) bond motifs is 3. The standard InChI is InChI=1S/C19H19NO/c1-21-12-14-11-16-15-9-5-6-10-17(15)20-19(16)18(14)13-7-3-2-4-8-13/h2-10,14,18,20H,11-12H2,1H3/t14-,18-/m1/s1. The van der Waals surface area contributed by atoms with E-state index >= 15 is 0 Å².